The Balaban J connectivity index is 1.97. The summed E-state index contributed by atoms with van der Waals surface area (Å²) in [5.74, 6) is 1.26. The van der Waals surface area contributed by atoms with E-state index in [2.05, 4.69) is 11.9 Å². The van der Waals surface area contributed by atoms with Gasteiger partial charge in [-0.3, -0.25) is 9.59 Å². The Hall–Kier alpha value is -2.04. The monoisotopic (exact) mass is 369 g/mol. The standard InChI is InChI=1S/C22H32BNO3/c1-6-9-20(26)24-19-14-16-11-8-12-17(21(16)27-23-19)15(2)10-7-13-18(25)22(3,4)5/h8,11-12,19,23H,2,6-7,9-10,13-14H2,1,3-5H3,(H,24,26). The van der Waals surface area contributed by atoms with Gasteiger partial charge in [-0.2, -0.15) is 0 Å². The van der Waals surface area contributed by atoms with E-state index in [0.29, 0.717) is 20.3 Å². The van der Waals surface area contributed by atoms with E-state index in [1.165, 1.54) is 0 Å². The Bertz CT molecular complexity index is 706. The molecule has 0 aromatic heterocycles. The molecule has 1 heterocycles. The van der Waals surface area contributed by atoms with Gasteiger partial charge in [-0.15, -0.1) is 0 Å². The summed E-state index contributed by atoms with van der Waals surface area (Å²) >= 11 is 0. The highest BCUT2D eigenvalue weighted by molar-refractivity contribution is 6.32. The first kappa shape index (κ1) is 21.3. The van der Waals surface area contributed by atoms with Gasteiger partial charge in [-0.25, -0.2) is 0 Å². The van der Waals surface area contributed by atoms with E-state index >= 15 is 0 Å². The van der Waals surface area contributed by atoms with Gasteiger partial charge in [0.1, 0.15) is 11.5 Å². The highest BCUT2D eigenvalue weighted by Gasteiger charge is 2.26. The molecule has 1 aromatic carbocycles. The number of allylic oxidation sites excluding steroid dienone is 1. The summed E-state index contributed by atoms with van der Waals surface area (Å²) in [4.78, 5) is 23.9. The number of carbonyl (C=O) groups is 2. The fourth-order valence-electron chi connectivity index (χ4n) is 3.29. The van der Waals surface area contributed by atoms with Crippen LogP contribution < -0.4 is 9.97 Å². The maximum Gasteiger partial charge on any atom is 0.363 e. The molecular weight excluding hydrogens is 337 g/mol. The van der Waals surface area contributed by atoms with Crippen LogP contribution in [0.2, 0.25) is 0 Å². The minimum Gasteiger partial charge on any atom is -0.561 e. The summed E-state index contributed by atoms with van der Waals surface area (Å²) in [6.07, 6.45) is 4.32. The number of benzene rings is 1. The van der Waals surface area contributed by atoms with Crippen molar-refractivity contribution in [3.8, 4) is 5.75 Å². The van der Waals surface area contributed by atoms with Crippen molar-refractivity contribution >= 4 is 24.7 Å². The van der Waals surface area contributed by atoms with E-state index in [0.717, 1.165) is 48.1 Å². The van der Waals surface area contributed by atoms with Gasteiger partial charge < -0.3 is 9.97 Å². The fraction of sp³-hybridized carbons (Fsp3) is 0.545. The van der Waals surface area contributed by atoms with Crippen molar-refractivity contribution in [3.05, 3.63) is 35.9 Å². The smallest absolute Gasteiger partial charge is 0.363 e. The molecule has 2 rings (SSSR count). The molecule has 1 amide bonds. The molecule has 1 aliphatic rings. The van der Waals surface area contributed by atoms with Crippen molar-refractivity contribution in [3.63, 3.8) is 0 Å². The van der Waals surface area contributed by atoms with Gasteiger partial charge in [0.15, 0.2) is 0 Å². The first-order valence-electron chi connectivity index (χ1n) is 9.98. The molecule has 0 radical (unpaired) electrons. The zero-order chi connectivity index (χ0) is 20.0. The molecule has 0 spiro atoms. The molecule has 0 saturated heterocycles. The zero-order valence-electron chi connectivity index (χ0n) is 17.2. The fourth-order valence-corrected chi connectivity index (χ4v) is 3.29. The Kier molecular flexibility index (Phi) is 7.29. The van der Waals surface area contributed by atoms with Crippen LogP contribution in [0.25, 0.3) is 5.57 Å². The highest BCUT2D eigenvalue weighted by atomic mass is 16.4. The maximum atomic E-state index is 12.1. The van der Waals surface area contributed by atoms with Crippen LogP contribution in [0.15, 0.2) is 24.8 Å². The Morgan fingerprint density at radius 3 is 2.67 bits per heavy atom. The quantitative estimate of drug-likeness (QED) is 0.705. The minimum absolute atomic E-state index is 0.0180. The normalized spacial score (nSPS) is 15.9. The van der Waals surface area contributed by atoms with Crippen molar-refractivity contribution in [1.29, 1.82) is 0 Å². The van der Waals surface area contributed by atoms with E-state index in [1.807, 2.05) is 45.9 Å². The number of ketones is 1. The van der Waals surface area contributed by atoms with Crippen molar-refractivity contribution in [2.45, 2.75) is 72.2 Å². The van der Waals surface area contributed by atoms with E-state index < -0.39 is 0 Å². The average Bonchev–Trinajstić information content (AvgIpc) is 2.60. The second-order valence-electron chi connectivity index (χ2n) is 8.45. The van der Waals surface area contributed by atoms with Crippen molar-refractivity contribution in [2.24, 2.45) is 5.41 Å². The average molecular weight is 369 g/mol. The number of hydrogen-bond acceptors (Lipinski definition) is 3. The van der Waals surface area contributed by atoms with Gasteiger partial charge in [-0.1, -0.05) is 52.5 Å². The number of amides is 1. The molecule has 1 atom stereocenters. The lowest BCUT2D eigenvalue weighted by molar-refractivity contribution is -0.126. The van der Waals surface area contributed by atoms with Gasteiger partial charge in [0.25, 0.3) is 0 Å². The molecular formula is C22H32BNO3. The second kappa shape index (κ2) is 9.25. The SMILES string of the molecule is C=C(CCCC(=O)C(C)(C)C)c1cccc2c1OBC(NC(=O)CCC)C2. The molecule has 1 aromatic rings. The topological polar surface area (TPSA) is 55.4 Å². The van der Waals surface area contributed by atoms with Crippen LogP contribution in [0, 0.1) is 5.41 Å². The van der Waals surface area contributed by atoms with Gasteiger partial charge in [0, 0.05) is 29.8 Å². The van der Waals surface area contributed by atoms with Crippen LogP contribution in [0.5, 0.6) is 5.75 Å². The van der Waals surface area contributed by atoms with Crippen LogP contribution in [-0.4, -0.2) is 25.1 Å². The molecule has 0 saturated carbocycles. The van der Waals surface area contributed by atoms with Crippen LogP contribution >= 0.6 is 0 Å². The first-order valence-corrected chi connectivity index (χ1v) is 9.98. The van der Waals surface area contributed by atoms with Crippen LogP contribution in [0.3, 0.4) is 0 Å². The Labute approximate surface area is 164 Å². The lowest BCUT2D eigenvalue weighted by Gasteiger charge is -2.27. The molecule has 1 N–H and O–H groups in total. The van der Waals surface area contributed by atoms with Gasteiger partial charge in [0.05, 0.1) is 0 Å². The molecule has 1 unspecified atom stereocenters. The molecule has 0 aliphatic carbocycles. The summed E-state index contributed by atoms with van der Waals surface area (Å²) in [5.41, 5.74) is 2.84. The number of Topliss-reactive ketones (excluding diaryl/α,β-unsaturated/α-hetero) is 1. The van der Waals surface area contributed by atoms with Crippen LogP contribution in [0.1, 0.15) is 70.9 Å². The van der Waals surface area contributed by atoms with Gasteiger partial charge in [0.2, 0.25) is 5.91 Å². The van der Waals surface area contributed by atoms with E-state index in [1.54, 1.807) is 0 Å². The largest absolute Gasteiger partial charge is 0.561 e. The lowest BCUT2D eigenvalue weighted by Crippen LogP contribution is -2.45. The molecule has 5 heteroatoms. The number of carbonyl (C=O) groups excluding carboxylic acids is 2. The third kappa shape index (κ3) is 5.98. The summed E-state index contributed by atoms with van der Waals surface area (Å²) < 4.78 is 6.01. The number of nitrogens with one attached hydrogen (secondary N) is 1. The molecule has 27 heavy (non-hydrogen) atoms. The van der Waals surface area contributed by atoms with Crippen molar-refractivity contribution in [2.75, 3.05) is 0 Å². The number of rotatable bonds is 8. The van der Waals surface area contributed by atoms with Crippen molar-refractivity contribution in [1.82, 2.24) is 5.32 Å². The predicted octanol–water partition coefficient (Wildman–Crippen LogP) is 4.01. The van der Waals surface area contributed by atoms with E-state index in [9.17, 15) is 9.59 Å². The van der Waals surface area contributed by atoms with Crippen LogP contribution in [-0.2, 0) is 16.0 Å². The highest BCUT2D eigenvalue weighted by Crippen LogP contribution is 2.34. The molecule has 0 bridgehead atoms. The molecule has 4 nitrogen and oxygen atoms in total. The maximum absolute atomic E-state index is 12.1. The van der Waals surface area contributed by atoms with Crippen molar-refractivity contribution < 1.29 is 14.2 Å². The molecule has 1 aliphatic heterocycles. The third-order valence-electron chi connectivity index (χ3n) is 4.93. The summed E-state index contributed by atoms with van der Waals surface area (Å²) in [7, 11) is 0.481. The number of hydrogen-bond donors (Lipinski definition) is 1. The minimum atomic E-state index is -0.284. The third-order valence-corrected chi connectivity index (χ3v) is 4.93. The van der Waals surface area contributed by atoms with Crippen LogP contribution in [0.4, 0.5) is 0 Å². The van der Waals surface area contributed by atoms with E-state index in [4.69, 9.17) is 4.65 Å². The summed E-state index contributed by atoms with van der Waals surface area (Å²) in [5, 5.41) is 3.05. The lowest BCUT2D eigenvalue weighted by atomic mass is 9.78. The second-order valence-corrected chi connectivity index (χ2v) is 8.45. The Morgan fingerprint density at radius 1 is 1.26 bits per heavy atom. The predicted molar refractivity (Wildman–Crippen MR) is 112 cm³/mol. The van der Waals surface area contributed by atoms with Gasteiger partial charge in [-0.05, 0) is 36.8 Å². The van der Waals surface area contributed by atoms with Gasteiger partial charge >= 0.3 is 7.48 Å². The zero-order valence-corrected chi connectivity index (χ0v) is 17.2. The molecule has 0 fully saturated rings. The summed E-state index contributed by atoms with van der Waals surface area (Å²) in [6, 6.07) is 6.09. The van der Waals surface area contributed by atoms with E-state index in [-0.39, 0.29) is 23.0 Å². The number of para-hydroxylation sites is 1. The Morgan fingerprint density at radius 2 is 2.00 bits per heavy atom. The number of fused-ring (bicyclic) bond motifs is 1. The summed E-state index contributed by atoms with van der Waals surface area (Å²) in [6.45, 7) is 12.1. The molecule has 146 valence electrons. The first-order chi connectivity index (χ1) is 12.7.